The van der Waals surface area contributed by atoms with Gasteiger partial charge < -0.3 is 9.64 Å². The third-order valence-corrected chi connectivity index (χ3v) is 3.29. The molecule has 1 aromatic heterocycles. The first-order valence-corrected chi connectivity index (χ1v) is 6.37. The molecule has 5 heteroatoms. The van der Waals surface area contributed by atoms with Crippen molar-refractivity contribution in [1.82, 2.24) is 14.9 Å². The molecule has 2 heterocycles. The van der Waals surface area contributed by atoms with Crippen LogP contribution in [0, 0.1) is 0 Å². The highest BCUT2D eigenvalue weighted by Crippen LogP contribution is 2.29. The Morgan fingerprint density at radius 1 is 1.56 bits per heavy atom. The Kier molecular flexibility index (Phi) is 4.64. The lowest BCUT2D eigenvalue weighted by Gasteiger charge is -2.35. The van der Waals surface area contributed by atoms with Crippen molar-refractivity contribution < 1.29 is 9.53 Å². The van der Waals surface area contributed by atoms with Gasteiger partial charge in [-0.1, -0.05) is 0 Å². The predicted molar refractivity (Wildman–Crippen MR) is 66.8 cm³/mol. The zero-order chi connectivity index (χ0) is 12.8. The summed E-state index contributed by atoms with van der Waals surface area (Å²) < 4.78 is 4.97. The number of aromatic nitrogens is 2. The highest BCUT2D eigenvalue weighted by Gasteiger charge is 2.28. The molecule has 0 N–H and O–H groups in total. The number of likely N-dealkylation sites (tertiary alicyclic amines) is 1. The smallest absolute Gasteiger partial charge is 0.225 e. The van der Waals surface area contributed by atoms with E-state index in [1.54, 1.807) is 19.6 Å². The van der Waals surface area contributed by atoms with Crippen LogP contribution in [0.15, 0.2) is 18.6 Å². The van der Waals surface area contributed by atoms with Gasteiger partial charge >= 0.3 is 0 Å². The maximum Gasteiger partial charge on any atom is 0.225 e. The molecule has 1 amide bonds. The van der Waals surface area contributed by atoms with Crippen LogP contribution in [-0.2, 0) is 9.53 Å². The molecule has 2 rings (SSSR count). The summed E-state index contributed by atoms with van der Waals surface area (Å²) in [5.41, 5.74) is 0.940. The van der Waals surface area contributed by atoms with Gasteiger partial charge in [-0.25, -0.2) is 9.97 Å². The standard InChI is InChI=1S/C13H19N3O2/c1-18-9-6-13(17)16-8-3-2-4-12(16)11-5-7-14-10-15-11/h5,7,10,12H,2-4,6,8-9H2,1H3/t12-/m0/s1. The lowest BCUT2D eigenvalue weighted by atomic mass is 9.98. The predicted octanol–water partition coefficient (Wildman–Crippen LogP) is 1.57. The molecule has 0 aromatic carbocycles. The molecule has 1 atom stereocenters. The van der Waals surface area contributed by atoms with E-state index >= 15 is 0 Å². The number of ether oxygens (including phenoxy) is 1. The largest absolute Gasteiger partial charge is 0.384 e. The first kappa shape index (κ1) is 13.0. The number of hydrogen-bond donors (Lipinski definition) is 0. The summed E-state index contributed by atoms with van der Waals surface area (Å²) in [4.78, 5) is 22.3. The zero-order valence-electron chi connectivity index (χ0n) is 10.7. The second-order valence-electron chi connectivity index (χ2n) is 4.48. The van der Waals surface area contributed by atoms with Gasteiger partial charge in [0, 0.05) is 19.9 Å². The van der Waals surface area contributed by atoms with Crippen LogP contribution < -0.4 is 0 Å². The molecular formula is C13H19N3O2. The Morgan fingerprint density at radius 3 is 3.17 bits per heavy atom. The number of carbonyl (C=O) groups is 1. The molecule has 5 nitrogen and oxygen atoms in total. The van der Waals surface area contributed by atoms with Gasteiger partial charge in [-0.3, -0.25) is 4.79 Å². The Hall–Kier alpha value is -1.49. The van der Waals surface area contributed by atoms with Crippen LogP contribution in [0.1, 0.15) is 37.4 Å². The molecular weight excluding hydrogens is 230 g/mol. The average Bonchev–Trinajstić information content (AvgIpc) is 2.45. The van der Waals surface area contributed by atoms with Crippen molar-refractivity contribution in [3.63, 3.8) is 0 Å². The maximum atomic E-state index is 12.1. The van der Waals surface area contributed by atoms with E-state index in [9.17, 15) is 4.79 Å². The fourth-order valence-corrected chi connectivity index (χ4v) is 2.37. The number of piperidine rings is 1. The fraction of sp³-hybridized carbons (Fsp3) is 0.615. The van der Waals surface area contributed by atoms with Gasteiger partial charge in [-0.2, -0.15) is 0 Å². The van der Waals surface area contributed by atoms with Gasteiger partial charge in [0.1, 0.15) is 6.33 Å². The number of hydrogen-bond acceptors (Lipinski definition) is 4. The first-order valence-electron chi connectivity index (χ1n) is 6.37. The molecule has 98 valence electrons. The summed E-state index contributed by atoms with van der Waals surface area (Å²) in [5, 5.41) is 0. The summed E-state index contributed by atoms with van der Waals surface area (Å²) in [6, 6.07) is 2.00. The van der Waals surface area contributed by atoms with Gasteiger partial charge in [0.05, 0.1) is 24.8 Å². The third-order valence-electron chi connectivity index (χ3n) is 3.29. The second-order valence-corrected chi connectivity index (χ2v) is 4.48. The summed E-state index contributed by atoms with van der Waals surface area (Å²) in [5.74, 6) is 0.153. The molecule has 1 aliphatic heterocycles. The SMILES string of the molecule is COCCC(=O)N1CCCC[C@H]1c1ccncn1. The lowest BCUT2D eigenvalue weighted by Crippen LogP contribution is -2.39. The minimum atomic E-state index is 0.103. The minimum absolute atomic E-state index is 0.103. The van der Waals surface area contributed by atoms with Crippen LogP contribution in [0.5, 0.6) is 0 Å². The van der Waals surface area contributed by atoms with Crippen molar-refractivity contribution in [3.05, 3.63) is 24.3 Å². The van der Waals surface area contributed by atoms with Crippen LogP contribution in [0.25, 0.3) is 0 Å². The molecule has 1 fully saturated rings. The van der Waals surface area contributed by atoms with Crippen LogP contribution in [0.3, 0.4) is 0 Å². The molecule has 0 radical (unpaired) electrons. The van der Waals surface area contributed by atoms with E-state index in [-0.39, 0.29) is 11.9 Å². The normalized spacial score (nSPS) is 19.8. The molecule has 1 saturated heterocycles. The van der Waals surface area contributed by atoms with E-state index in [0.717, 1.165) is 31.5 Å². The Bertz CT molecular complexity index is 383. The van der Waals surface area contributed by atoms with Gasteiger partial charge in [-0.15, -0.1) is 0 Å². The van der Waals surface area contributed by atoms with Gasteiger partial charge in [-0.05, 0) is 25.3 Å². The van der Waals surface area contributed by atoms with E-state index in [1.807, 2.05) is 11.0 Å². The zero-order valence-corrected chi connectivity index (χ0v) is 10.7. The van der Waals surface area contributed by atoms with Crippen molar-refractivity contribution in [2.75, 3.05) is 20.3 Å². The lowest BCUT2D eigenvalue weighted by molar-refractivity contribution is -0.136. The van der Waals surface area contributed by atoms with Crippen molar-refractivity contribution in [2.24, 2.45) is 0 Å². The molecule has 0 bridgehead atoms. The number of amides is 1. The van der Waals surface area contributed by atoms with E-state index in [1.165, 1.54) is 0 Å². The first-order chi connectivity index (χ1) is 8.83. The van der Waals surface area contributed by atoms with Gasteiger partial charge in [0.25, 0.3) is 0 Å². The number of rotatable bonds is 4. The molecule has 1 aromatic rings. The van der Waals surface area contributed by atoms with E-state index < -0.39 is 0 Å². The number of nitrogens with zero attached hydrogens (tertiary/aromatic N) is 3. The Morgan fingerprint density at radius 2 is 2.44 bits per heavy atom. The minimum Gasteiger partial charge on any atom is -0.384 e. The van der Waals surface area contributed by atoms with E-state index in [4.69, 9.17) is 4.74 Å². The summed E-state index contributed by atoms with van der Waals surface area (Å²) in [6.07, 6.45) is 6.91. The molecule has 0 saturated carbocycles. The van der Waals surface area contributed by atoms with Gasteiger partial charge in [0.15, 0.2) is 0 Å². The Balaban J connectivity index is 2.09. The third kappa shape index (κ3) is 3.04. The second kappa shape index (κ2) is 6.44. The van der Waals surface area contributed by atoms with Crippen LogP contribution in [0.4, 0.5) is 0 Å². The highest BCUT2D eigenvalue weighted by molar-refractivity contribution is 5.76. The van der Waals surface area contributed by atoms with E-state index in [0.29, 0.717) is 13.0 Å². The monoisotopic (exact) mass is 249 g/mol. The molecule has 18 heavy (non-hydrogen) atoms. The summed E-state index contributed by atoms with van der Waals surface area (Å²) in [7, 11) is 1.62. The van der Waals surface area contributed by atoms with Crippen LogP contribution in [-0.4, -0.2) is 41.0 Å². The fourth-order valence-electron chi connectivity index (χ4n) is 2.37. The van der Waals surface area contributed by atoms with Crippen LogP contribution >= 0.6 is 0 Å². The van der Waals surface area contributed by atoms with E-state index in [2.05, 4.69) is 9.97 Å². The molecule has 0 spiro atoms. The summed E-state index contributed by atoms with van der Waals surface area (Å²) >= 11 is 0. The average molecular weight is 249 g/mol. The maximum absolute atomic E-state index is 12.1. The highest BCUT2D eigenvalue weighted by atomic mass is 16.5. The van der Waals surface area contributed by atoms with Crippen molar-refractivity contribution in [2.45, 2.75) is 31.7 Å². The number of methoxy groups -OCH3 is 1. The van der Waals surface area contributed by atoms with Crippen molar-refractivity contribution in [1.29, 1.82) is 0 Å². The number of carbonyl (C=O) groups excluding carboxylic acids is 1. The molecule has 0 aliphatic carbocycles. The van der Waals surface area contributed by atoms with Crippen molar-refractivity contribution in [3.8, 4) is 0 Å². The summed E-state index contributed by atoms with van der Waals surface area (Å²) in [6.45, 7) is 1.29. The Labute approximate surface area is 107 Å². The van der Waals surface area contributed by atoms with Crippen molar-refractivity contribution >= 4 is 5.91 Å². The van der Waals surface area contributed by atoms with Gasteiger partial charge in [0.2, 0.25) is 5.91 Å². The topological polar surface area (TPSA) is 55.3 Å². The van der Waals surface area contributed by atoms with Crippen LogP contribution in [0.2, 0.25) is 0 Å². The molecule has 0 unspecified atom stereocenters. The molecule has 1 aliphatic rings. The quantitative estimate of drug-likeness (QED) is 0.812.